The summed E-state index contributed by atoms with van der Waals surface area (Å²) >= 11 is 0. The molecule has 1 saturated heterocycles. The maximum absolute atomic E-state index is 12.3. The van der Waals surface area contributed by atoms with Crippen LogP contribution in [0.2, 0.25) is 0 Å². The molecule has 22 heavy (non-hydrogen) atoms. The lowest BCUT2D eigenvalue weighted by atomic mass is 10.0. The first-order valence-corrected chi connectivity index (χ1v) is 7.93. The lowest BCUT2D eigenvalue weighted by Gasteiger charge is -2.35. The Labute approximate surface area is 132 Å². The second kappa shape index (κ2) is 7.65. The van der Waals surface area contributed by atoms with Gasteiger partial charge >= 0.3 is 0 Å². The summed E-state index contributed by atoms with van der Waals surface area (Å²) < 4.78 is 5.71. The summed E-state index contributed by atoms with van der Waals surface area (Å²) in [5.41, 5.74) is 1.36. The lowest BCUT2D eigenvalue weighted by molar-refractivity contribution is -0.0672. The first-order chi connectivity index (χ1) is 10.5. The summed E-state index contributed by atoms with van der Waals surface area (Å²) in [5, 5.41) is 2.97. The van der Waals surface area contributed by atoms with Gasteiger partial charge in [0.15, 0.2) is 0 Å². The molecule has 2 rings (SSSR count). The Morgan fingerprint density at radius 2 is 2.09 bits per heavy atom. The third kappa shape index (κ3) is 4.48. The van der Waals surface area contributed by atoms with Crippen molar-refractivity contribution in [1.82, 2.24) is 20.2 Å². The molecule has 0 aromatic carbocycles. The van der Waals surface area contributed by atoms with Crippen LogP contribution in [0.3, 0.4) is 0 Å². The summed E-state index contributed by atoms with van der Waals surface area (Å²) in [5.74, 6) is 0.100. The van der Waals surface area contributed by atoms with Gasteiger partial charge in [-0.3, -0.25) is 9.69 Å². The molecule has 6 nitrogen and oxygen atoms in total. The molecule has 2 atom stereocenters. The minimum Gasteiger partial charge on any atom is -0.373 e. The highest BCUT2D eigenvalue weighted by atomic mass is 16.5. The molecule has 1 amide bonds. The number of carbonyl (C=O) groups excluding carboxylic acids is 1. The van der Waals surface area contributed by atoms with E-state index in [0.29, 0.717) is 12.1 Å². The molecule has 1 fully saturated rings. The van der Waals surface area contributed by atoms with E-state index in [2.05, 4.69) is 34.0 Å². The van der Waals surface area contributed by atoms with E-state index < -0.39 is 0 Å². The predicted octanol–water partition coefficient (Wildman–Crippen LogP) is 1.44. The number of nitrogens with zero attached hydrogens (tertiary/aromatic N) is 3. The van der Waals surface area contributed by atoms with Crippen LogP contribution in [0, 0.1) is 0 Å². The van der Waals surface area contributed by atoms with Crippen molar-refractivity contribution in [3.05, 3.63) is 23.8 Å². The second-order valence-corrected chi connectivity index (χ2v) is 6.25. The quantitative estimate of drug-likeness (QED) is 0.891. The van der Waals surface area contributed by atoms with E-state index in [1.54, 1.807) is 6.20 Å². The van der Waals surface area contributed by atoms with Crippen LogP contribution in [-0.4, -0.2) is 59.2 Å². The van der Waals surface area contributed by atoms with Crippen molar-refractivity contribution in [2.45, 2.75) is 45.8 Å². The standard InChI is InChI=1S/C16H26N4O2/c1-11(2)15-14(7-17-10-19-15)16(21)18-5-6-20-8-12(3)22-13(4)9-20/h7,10-13H,5-6,8-9H2,1-4H3,(H,18,21)/t12-,13-/m1/s1. The minimum atomic E-state index is -0.0985. The van der Waals surface area contributed by atoms with Crippen molar-refractivity contribution in [1.29, 1.82) is 0 Å². The predicted molar refractivity (Wildman–Crippen MR) is 84.9 cm³/mol. The summed E-state index contributed by atoms with van der Waals surface area (Å²) in [4.78, 5) is 22.8. The molecule has 0 aliphatic carbocycles. The van der Waals surface area contributed by atoms with Crippen LogP contribution in [-0.2, 0) is 4.74 Å². The van der Waals surface area contributed by atoms with Crippen molar-refractivity contribution < 1.29 is 9.53 Å². The van der Waals surface area contributed by atoms with Gasteiger partial charge in [0.05, 0.1) is 23.5 Å². The van der Waals surface area contributed by atoms with Gasteiger partial charge in [-0.2, -0.15) is 0 Å². The Morgan fingerprint density at radius 1 is 1.41 bits per heavy atom. The Bertz CT molecular complexity index is 497. The van der Waals surface area contributed by atoms with Crippen molar-refractivity contribution >= 4 is 5.91 Å². The Hall–Kier alpha value is -1.53. The molecule has 2 heterocycles. The lowest BCUT2D eigenvalue weighted by Crippen LogP contribution is -2.47. The maximum atomic E-state index is 12.3. The number of hydrogen-bond donors (Lipinski definition) is 1. The SMILES string of the molecule is CC(C)c1ncncc1C(=O)NCCN1C[C@@H](C)O[C@H](C)C1. The highest BCUT2D eigenvalue weighted by molar-refractivity contribution is 5.95. The van der Waals surface area contributed by atoms with E-state index in [9.17, 15) is 4.79 Å². The number of hydrogen-bond acceptors (Lipinski definition) is 5. The van der Waals surface area contributed by atoms with Gasteiger partial charge in [-0.1, -0.05) is 13.8 Å². The first kappa shape index (κ1) is 16.8. The van der Waals surface area contributed by atoms with E-state index >= 15 is 0 Å². The normalized spacial score (nSPS) is 22.8. The zero-order chi connectivity index (χ0) is 16.1. The number of rotatable bonds is 5. The molecule has 0 radical (unpaired) electrons. The van der Waals surface area contributed by atoms with Crippen LogP contribution >= 0.6 is 0 Å². The van der Waals surface area contributed by atoms with Crippen LogP contribution in [0.15, 0.2) is 12.5 Å². The van der Waals surface area contributed by atoms with E-state index in [1.165, 1.54) is 6.33 Å². The van der Waals surface area contributed by atoms with E-state index in [4.69, 9.17) is 4.74 Å². The monoisotopic (exact) mass is 306 g/mol. The van der Waals surface area contributed by atoms with Gasteiger partial charge < -0.3 is 10.1 Å². The maximum Gasteiger partial charge on any atom is 0.254 e. The molecule has 1 aliphatic heterocycles. The Kier molecular flexibility index (Phi) is 5.85. The van der Waals surface area contributed by atoms with Gasteiger partial charge in [0.25, 0.3) is 5.91 Å². The Morgan fingerprint density at radius 3 is 2.73 bits per heavy atom. The average molecular weight is 306 g/mol. The molecule has 0 saturated carbocycles. The number of morpholine rings is 1. The molecule has 122 valence electrons. The molecular weight excluding hydrogens is 280 g/mol. The van der Waals surface area contributed by atoms with E-state index in [1.807, 2.05) is 13.8 Å². The van der Waals surface area contributed by atoms with Gasteiger partial charge in [-0.25, -0.2) is 9.97 Å². The van der Waals surface area contributed by atoms with E-state index in [-0.39, 0.29) is 24.0 Å². The van der Waals surface area contributed by atoms with Crippen LogP contribution in [0.4, 0.5) is 0 Å². The fraction of sp³-hybridized carbons (Fsp3) is 0.688. The van der Waals surface area contributed by atoms with E-state index in [0.717, 1.165) is 25.3 Å². The van der Waals surface area contributed by atoms with Gasteiger partial charge in [0.1, 0.15) is 6.33 Å². The van der Waals surface area contributed by atoms with Crippen molar-refractivity contribution in [3.8, 4) is 0 Å². The zero-order valence-corrected chi connectivity index (χ0v) is 13.9. The molecule has 0 unspecified atom stereocenters. The first-order valence-electron chi connectivity index (χ1n) is 7.93. The smallest absolute Gasteiger partial charge is 0.254 e. The Balaban J connectivity index is 1.86. The van der Waals surface area contributed by atoms with Crippen LogP contribution < -0.4 is 5.32 Å². The molecule has 0 bridgehead atoms. The zero-order valence-electron chi connectivity index (χ0n) is 13.9. The summed E-state index contributed by atoms with van der Waals surface area (Å²) in [6.45, 7) is 11.5. The summed E-state index contributed by atoms with van der Waals surface area (Å²) in [7, 11) is 0. The molecule has 1 N–H and O–H groups in total. The third-order valence-electron chi connectivity index (χ3n) is 3.74. The van der Waals surface area contributed by atoms with Crippen LogP contribution in [0.25, 0.3) is 0 Å². The van der Waals surface area contributed by atoms with Gasteiger partial charge in [-0.05, 0) is 19.8 Å². The topological polar surface area (TPSA) is 67.4 Å². The highest BCUT2D eigenvalue weighted by Gasteiger charge is 2.22. The fourth-order valence-corrected chi connectivity index (χ4v) is 2.86. The van der Waals surface area contributed by atoms with Crippen molar-refractivity contribution in [2.75, 3.05) is 26.2 Å². The second-order valence-electron chi connectivity index (χ2n) is 6.25. The highest BCUT2D eigenvalue weighted by Crippen LogP contribution is 2.15. The summed E-state index contributed by atoms with van der Waals surface area (Å²) in [6, 6.07) is 0. The van der Waals surface area contributed by atoms with Gasteiger partial charge in [-0.15, -0.1) is 0 Å². The van der Waals surface area contributed by atoms with Gasteiger partial charge in [0, 0.05) is 32.4 Å². The number of nitrogens with one attached hydrogen (secondary N) is 1. The largest absolute Gasteiger partial charge is 0.373 e. The number of ether oxygens (including phenoxy) is 1. The molecule has 1 aromatic rings. The van der Waals surface area contributed by atoms with Gasteiger partial charge in [0.2, 0.25) is 0 Å². The van der Waals surface area contributed by atoms with Crippen LogP contribution in [0.1, 0.15) is 49.7 Å². The average Bonchev–Trinajstić information content (AvgIpc) is 2.46. The number of amides is 1. The summed E-state index contributed by atoms with van der Waals surface area (Å²) in [6.07, 6.45) is 3.57. The molecule has 1 aliphatic rings. The molecular formula is C16H26N4O2. The fourth-order valence-electron chi connectivity index (χ4n) is 2.86. The molecule has 6 heteroatoms. The molecule has 1 aromatic heterocycles. The number of carbonyl (C=O) groups is 1. The number of aromatic nitrogens is 2. The van der Waals surface area contributed by atoms with Crippen LogP contribution in [0.5, 0.6) is 0 Å². The van der Waals surface area contributed by atoms with Crippen molar-refractivity contribution in [2.24, 2.45) is 0 Å². The molecule has 0 spiro atoms. The minimum absolute atomic E-state index is 0.0985. The third-order valence-corrected chi connectivity index (χ3v) is 3.74. The van der Waals surface area contributed by atoms with Crippen molar-refractivity contribution in [3.63, 3.8) is 0 Å².